The summed E-state index contributed by atoms with van der Waals surface area (Å²) in [5.74, 6) is 1.79. The lowest BCUT2D eigenvalue weighted by Crippen LogP contribution is -2.34. The van der Waals surface area contributed by atoms with E-state index in [2.05, 4.69) is 158 Å². The van der Waals surface area contributed by atoms with Crippen LogP contribution in [-0.4, -0.2) is 0 Å². The third kappa shape index (κ3) is 4.61. The van der Waals surface area contributed by atoms with E-state index >= 15 is 0 Å². The maximum Gasteiger partial charge on any atom is 0.0465 e. The molecule has 3 bridgehead atoms. The van der Waals surface area contributed by atoms with Crippen molar-refractivity contribution >= 4 is 17.1 Å². The Hall–Kier alpha value is -5.14. The highest BCUT2D eigenvalue weighted by molar-refractivity contribution is 5.88. The van der Waals surface area contributed by atoms with E-state index in [0.717, 1.165) is 11.8 Å². The SMILES string of the molecule is CC1(C)c2ccccc2-c2ccc(N(c3ccc(-c4ccc(C56CC7CC=C5C[C@@H](C7)C6)cc4)cc3)c3ccc4c(c3)C3(CCCCC3)c3ccccc3-4)cc21. The number of fused-ring (bicyclic) bond motifs is 10. The number of hydrogen-bond donors (Lipinski definition) is 0. The van der Waals surface area contributed by atoms with Crippen LogP contribution < -0.4 is 4.90 Å². The summed E-state index contributed by atoms with van der Waals surface area (Å²) < 4.78 is 0. The first-order valence-electron chi connectivity index (χ1n) is 21.6. The maximum absolute atomic E-state index is 2.62. The molecule has 6 aliphatic carbocycles. The van der Waals surface area contributed by atoms with Gasteiger partial charge in [0.25, 0.3) is 0 Å². The summed E-state index contributed by atoms with van der Waals surface area (Å²) >= 11 is 0. The molecule has 6 aromatic carbocycles. The Morgan fingerprint density at radius 3 is 1.80 bits per heavy atom. The number of nitrogens with zero attached hydrogens (tertiary/aromatic N) is 1. The molecule has 0 N–H and O–H groups in total. The van der Waals surface area contributed by atoms with Gasteiger partial charge >= 0.3 is 0 Å². The predicted octanol–water partition coefficient (Wildman–Crippen LogP) is 14.7. The number of benzene rings is 6. The normalized spacial score (nSPS) is 24.0. The van der Waals surface area contributed by atoms with E-state index in [1.165, 1.54) is 131 Å². The van der Waals surface area contributed by atoms with Crippen molar-refractivity contribution in [1.29, 1.82) is 0 Å². The van der Waals surface area contributed by atoms with Gasteiger partial charge < -0.3 is 4.90 Å². The van der Waals surface area contributed by atoms with Crippen LogP contribution >= 0.6 is 0 Å². The quantitative estimate of drug-likeness (QED) is 0.160. The van der Waals surface area contributed by atoms with Crippen molar-refractivity contribution in [1.82, 2.24) is 0 Å². The van der Waals surface area contributed by atoms with Gasteiger partial charge in [0, 0.05) is 33.3 Å². The average molecular weight is 726 g/mol. The van der Waals surface area contributed by atoms with Crippen LogP contribution in [0.2, 0.25) is 0 Å². The largest absolute Gasteiger partial charge is 0.310 e. The number of hydrogen-bond acceptors (Lipinski definition) is 1. The van der Waals surface area contributed by atoms with Crippen molar-refractivity contribution in [2.24, 2.45) is 11.8 Å². The Balaban J connectivity index is 0.954. The first kappa shape index (κ1) is 33.0. The Labute approximate surface area is 333 Å². The van der Waals surface area contributed by atoms with Gasteiger partial charge in [0.15, 0.2) is 0 Å². The van der Waals surface area contributed by atoms with Crippen molar-refractivity contribution < 1.29 is 0 Å². The third-order valence-electron chi connectivity index (χ3n) is 15.7. The molecule has 2 unspecified atom stereocenters. The molecule has 276 valence electrons. The number of rotatable bonds is 5. The summed E-state index contributed by atoms with van der Waals surface area (Å²) in [7, 11) is 0. The van der Waals surface area contributed by atoms with Gasteiger partial charge in [-0.1, -0.05) is 142 Å². The van der Waals surface area contributed by atoms with Crippen molar-refractivity contribution in [2.45, 2.75) is 94.3 Å². The number of allylic oxidation sites excluding steroid dienone is 2. The second-order valence-electron chi connectivity index (χ2n) is 18.9. The minimum absolute atomic E-state index is 0.0674. The first-order chi connectivity index (χ1) is 27.4. The molecular weight excluding hydrogens is 675 g/mol. The van der Waals surface area contributed by atoms with Gasteiger partial charge in [-0.05, 0) is 154 Å². The summed E-state index contributed by atoms with van der Waals surface area (Å²) in [6.45, 7) is 4.79. The standard InChI is InChI=1S/C55H51N/c1-53(2)49-12-6-4-10-45(49)47-26-24-43(32-51(47)53)56(44-25-27-48-46-11-5-7-13-50(46)54(52(48)33-44)28-8-3-9-29-54)42-22-17-39(18-23-42)38-15-20-40(21-16-38)55-34-36-14-19-41(55)31-37(30-36)35-55/h4-7,10-13,15-27,32-33,36-37H,3,8-9,14,28-31,34-35H2,1-2H3/t36?,37-,55?/m1/s1. The van der Waals surface area contributed by atoms with Crippen LogP contribution in [0.5, 0.6) is 0 Å². The van der Waals surface area contributed by atoms with Crippen molar-refractivity contribution in [3.8, 4) is 33.4 Å². The van der Waals surface area contributed by atoms with E-state index in [9.17, 15) is 0 Å². The monoisotopic (exact) mass is 725 g/mol. The Bertz CT molecular complexity index is 2580. The number of anilines is 3. The zero-order chi connectivity index (χ0) is 37.2. The molecule has 3 atom stereocenters. The highest BCUT2D eigenvalue weighted by Gasteiger charge is 2.51. The second kappa shape index (κ2) is 11.9. The van der Waals surface area contributed by atoms with Crippen molar-refractivity contribution in [2.75, 3.05) is 4.90 Å². The summed E-state index contributed by atoms with van der Waals surface area (Å²) in [6, 6.07) is 52.0. The first-order valence-corrected chi connectivity index (χ1v) is 21.6. The predicted molar refractivity (Wildman–Crippen MR) is 233 cm³/mol. The fourth-order valence-electron chi connectivity index (χ4n) is 13.2. The minimum Gasteiger partial charge on any atom is -0.310 e. The van der Waals surface area contributed by atoms with Crippen LogP contribution in [0.1, 0.15) is 106 Å². The minimum atomic E-state index is -0.0674. The van der Waals surface area contributed by atoms with Gasteiger partial charge in [0.2, 0.25) is 0 Å². The van der Waals surface area contributed by atoms with E-state index < -0.39 is 0 Å². The molecule has 1 heteroatoms. The van der Waals surface area contributed by atoms with Crippen LogP contribution in [0, 0.1) is 11.8 Å². The fraction of sp³-hybridized carbons (Fsp3) is 0.309. The molecule has 12 rings (SSSR count). The summed E-state index contributed by atoms with van der Waals surface area (Å²) in [5.41, 5.74) is 21.4. The molecule has 3 fully saturated rings. The highest BCUT2D eigenvalue weighted by atomic mass is 15.1. The molecular formula is C55H51N. The van der Waals surface area contributed by atoms with E-state index in [4.69, 9.17) is 0 Å². The zero-order valence-corrected chi connectivity index (χ0v) is 33.0. The topological polar surface area (TPSA) is 3.24 Å². The lowest BCUT2D eigenvalue weighted by atomic mass is 9.62. The van der Waals surface area contributed by atoms with Gasteiger partial charge in [-0.2, -0.15) is 0 Å². The van der Waals surface area contributed by atoms with Crippen LogP contribution in [0.3, 0.4) is 0 Å². The zero-order valence-electron chi connectivity index (χ0n) is 33.0. The van der Waals surface area contributed by atoms with Crippen LogP contribution in [0.25, 0.3) is 33.4 Å². The molecule has 6 aromatic rings. The molecule has 0 aliphatic heterocycles. The molecule has 0 amide bonds. The van der Waals surface area contributed by atoms with Crippen LogP contribution in [0.15, 0.2) is 145 Å². The molecule has 1 spiro atoms. The summed E-state index contributed by atoms with van der Waals surface area (Å²) in [4.78, 5) is 2.54. The summed E-state index contributed by atoms with van der Waals surface area (Å²) in [6.07, 6.45) is 15.8. The lowest BCUT2D eigenvalue weighted by Gasteiger charge is -2.42. The van der Waals surface area contributed by atoms with E-state index in [-0.39, 0.29) is 10.8 Å². The van der Waals surface area contributed by atoms with Crippen LogP contribution in [0.4, 0.5) is 17.1 Å². The average Bonchev–Trinajstić information content (AvgIpc) is 3.70. The summed E-state index contributed by atoms with van der Waals surface area (Å²) in [5, 5.41) is 0. The maximum atomic E-state index is 2.62. The molecule has 6 aliphatic rings. The van der Waals surface area contributed by atoms with E-state index in [1.807, 2.05) is 0 Å². The second-order valence-corrected chi connectivity index (χ2v) is 18.9. The Kier molecular flexibility index (Phi) is 7.04. The molecule has 0 radical (unpaired) electrons. The van der Waals surface area contributed by atoms with Gasteiger partial charge in [-0.25, -0.2) is 0 Å². The van der Waals surface area contributed by atoms with Crippen molar-refractivity contribution in [3.05, 3.63) is 173 Å². The molecule has 0 saturated heterocycles. The Morgan fingerprint density at radius 1 is 0.500 bits per heavy atom. The van der Waals surface area contributed by atoms with Crippen molar-refractivity contribution in [3.63, 3.8) is 0 Å². The van der Waals surface area contributed by atoms with Gasteiger partial charge in [-0.3, -0.25) is 0 Å². The van der Waals surface area contributed by atoms with Crippen LogP contribution in [-0.2, 0) is 16.2 Å². The van der Waals surface area contributed by atoms with E-state index in [0.29, 0.717) is 5.41 Å². The fourth-order valence-corrected chi connectivity index (χ4v) is 13.2. The third-order valence-corrected chi connectivity index (χ3v) is 15.7. The smallest absolute Gasteiger partial charge is 0.0465 e. The molecule has 0 aromatic heterocycles. The highest BCUT2D eigenvalue weighted by Crippen LogP contribution is 2.61. The van der Waals surface area contributed by atoms with Gasteiger partial charge in [0.05, 0.1) is 0 Å². The van der Waals surface area contributed by atoms with E-state index in [1.54, 1.807) is 16.7 Å². The van der Waals surface area contributed by atoms with Gasteiger partial charge in [0.1, 0.15) is 0 Å². The molecule has 0 heterocycles. The van der Waals surface area contributed by atoms with Gasteiger partial charge in [-0.15, -0.1) is 0 Å². The lowest BCUT2D eigenvalue weighted by molar-refractivity contribution is 0.229. The Morgan fingerprint density at radius 2 is 1.07 bits per heavy atom. The molecule has 56 heavy (non-hydrogen) atoms. The molecule has 1 nitrogen and oxygen atoms in total. The molecule has 3 saturated carbocycles.